The van der Waals surface area contributed by atoms with E-state index in [1.807, 2.05) is 6.92 Å². The lowest BCUT2D eigenvalue weighted by Gasteiger charge is -2.09. The van der Waals surface area contributed by atoms with E-state index in [1.54, 1.807) is 24.5 Å². The van der Waals surface area contributed by atoms with E-state index in [4.69, 9.17) is 5.73 Å². The van der Waals surface area contributed by atoms with Gasteiger partial charge in [-0.3, -0.25) is 9.48 Å². The SMILES string of the molecule is CC(=O)Nc1cc(C)c(-c2nn(CC(F)F)cc2-c2ccnc(NCCN)n2)cn1. The summed E-state index contributed by atoms with van der Waals surface area (Å²) in [6.45, 7) is 3.57. The first kappa shape index (κ1) is 21.2. The second-order valence-electron chi connectivity index (χ2n) is 6.55. The molecule has 1 amide bonds. The Balaban J connectivity index is 2.06. The first-order valence-corrected chi connectivity index (χ1v) is 9.25. The van der Waals surface area contributed by atoms with Crippen LogP contribution < -0.4 is 16.4 Å². The van der Waals surface area contributed by atoms with Crippen LogP contribution in [-0.2, 0) is 11.3 Å². The van der Waals surface area contributed by atoms with Crippen molar-refractivity contribution in [3.8, 4) is 22.5 Å². The molecule has 0 aromatic carbocycles. The molecule has 3 aromatic rings. The quantitative estimate of drug-likeness (QED) is 0.515. The molecule has 0 unspecified atom stereocenters. The summed E-state index contributed by atoms with van der Waals surface area (Å²) in [5, 5.41) is 9.96. The number of hydrogen-bond acceptors (Lipinski definition) is 7. The fourth-order valence-electron chi connectivity index (χ4n) is 2.87. The molecule has 3 aromatic heterocycles. The fraction of sp³-hybridized carbons (Fsp3) is 0.316. The molecule has 0 fully saturated rings. The van der Waals surface area contributed by atoms with Crippen LogP contribution in [0.15, 0.2) is 30.7 Å². The van der Waals surface area contributed by atoms with E-state index >= 15 is 0 Å². The second kappa shape index (κ2) is 9.35. The highest BCUT2D eigenvalue weighted by Crippen LogP contribution is 2.32. The summed E-state index contributed by atoms with van der Waals surface area (Å²) in [6.07, 6.45) is 2.09. The maximum Gasteiger partial charge on any atom is 0.257 e. The third-order valence-corrected chi connectivity index (χ3v) is 4.12. The largest absolute Gasteiger partial charge is 0.353 e. The molecule has 0 aliphatic rings. The van der Waals surface area contributed by atoms with E-state index in [2.05, 4.69) is 30.7 Å². The van der Waals surface area contributed by atoms with Crippen molar-refractivity contribution in [3.63, 3.8) is 0 Å². The maximum atomic E-state index is 13.0. The zero-order valence-corrected chi connectivity index (χ0v) is 16.6. The lowest BCUT2D eigenvalue weighted by Crippen LogP contribution is -2.14. The number of carbonyl (C=O) groups excluding carboxylic acids is 1. The van der Waals surface area contributed by atoms with Gasteiger partial charge in [0.2, 0.25) is 11.9 Å². The van der Waals surface area contributed by atoms with E-state index in [-0.39, 0.29) is 5.91 Å². The summed E-state index contributed by atoms with van der Waals surface area (Å²) >= 11 is 0. The van der Waals surface area contributed by atoms with Gasteiger partial charge in [0.25, 0.3) is 6.43 Å². The number of amides is 1. The molecule has 11 heteroatoms. The van der Waals surface area contributed by atoms with Gasteiger partial charge in [-0.1, -0.05) is 0 Å². The van der Waals surface area contributed by atoms with Crippen LogP contribution in [0.25, 0.3) is 22.5 Å². The summed E-state index contributed by atoms with van der Waals surface area (Å²) < 4.78 is 27.1. The molecule has 0 aliphatic heterocycles. The van der Waals surface area contributed by atoms with Gasteiger partial charge in [0, 0.05) is 49.7 Å². The van der Waals surface area contributed by atoms with E-state index in [0.29, 0.717) is 47.4 Å². The number of nitrogens with two attached hydrogens (primary N) is 1. The third kappa shape index (κ3) is 5.11. The number of carbonyl (C=O) groups is 1. The van der Waals surface area contributed by atoms with Gasteiger partial charge in [-0.05, 0) is 24.6 Å². The Morgan fingerprint density at radius 3 is 2.77 bits per heavy atom. The number of aromatic nitrogens is 5. The Kier molecular flexibility index (Phi) is 6.62. The highest BCUT2D eigenvalue weighted by Gasteiger charge is 2.19. The average molecular weight is 416 g/mol. The van der Waals surface area contributed by atoms with Gasteiger partial charge in [-0.2, -0.15) is 5.10 Å². The van der Waals surface area contributed by atoms with Crippen LogP contribution in [0.3, 0.4) is 0 Å². The summed E-state index contributed by atoms with van der Waals surface area (Å²) in [6, 6.07) is 3.37. The molecule has 0 bridgehead atoms. The number of halogens is 2. The Bertz CT molecular complexity index is 1040. The Hall–Kier alpha value is -3.47. The molecule has 0 atom stereocenters. The minimum atomic E-state index is -2.56. The van der Waals surface area contributed by atoms with Crippen LogP contribution in [0.5, 0.6) is 0 Å². The fourth-order valence-corrected chi connectivity index (χ4v) is 2.87. The molecular formula is C19H22F2N8O. The van der Waals surface area contributed by atoms with Crippen molar-refractivity contribution < 1.29 is 13.6 Å². The van der Waals surface area contributed by atoms with Gasteiger partial charge in [0.15, 0.2) is 0 Å². The van der Waals surface area contributed by atoms with Crippen molar-refractivity contribution in [2.45, 2.75) is 26.8 Å². The van der Waals surface area contributed by atoms with Gasteiger partial charge in [0.05, 0.1) is 5.69 Å². The van der Waals surface area contributed by atoms with E-state index < -0.39 is 13.0 Å². The van der Waals surface area contributed by atoms with Crippen LogP contribution in [0.1, 0.15) is 12.5 Å². The van der Waals surface area contributed by atoms with Crippen LogP contribution in [0.4, 0.5) is 20.5 Å². The van der Waals surface area contributed by atoms with E-state index in [9.17, 15) is 13.6 Å². The minimum Gasteiger partial charge on any atom is -0.353 e. The van der Waals surface area contributed by atoms with Gasteiger partial charge >= 0.3 is 0 Å². The van der Waals surface area contributed by atoms with Crippen molar-refractivity contribution >= 4 is 17.7 Å². The normalized spacial score (nSPS) is 11.0. The molecule has 9 nitrogen and oxygen atoms in total. The summed E-state index contributed by atoms with van der Waals surface area (Å²) in [4.78, 5) is 24.1. The number of rotatable bonds is 8. The highest BCUT2D eigenvalue weighted by atomic mass is 19.3. The van der Waals surface area contributed by atoms with E-state index in [1.165, 1.54) is 17.8 Å². The molecular weight excluding hydrogens is 394 g/mol. The molecule has 0 radical (unpaired) electrons. The van der Waals surface area contributed by atoms with Crippen LogP contribution in [0, 0.1) is 6.92 Å². The average Bonchev–Trinajstić information content (AvgIpc) is 3.09. The van der Waals surface area contributed by atoms with Crippen LogP contribution in [0.2, 0.25) is 0 Å². The summed E-state index contributed by atoms with van der Waals surface area (Å²) in [7, 11) is 0. The molecule has 4 N–H and O–H groups in total. The number of pyridine rings is 1. The molecule has 0 saturated heterocycles. The van der Waals surface area contributed by atoms with Crippen molar-refractivity contribution in [2.24, 2.45) is 5.73 Å². The third-order valence-electron chi connectivity index (χ3n) is 4.12. The molecule has 0 saturated carbocycles. The minimum absolute atomic E-state index is 0.241. The standard InChI is InChI=1S/C19H22F2N8O/c1-11-7-17(26-12(2)30)25-8-13(11)18-14(9-29(28-18)10-16(20)21)15-3-5-23-19(27-15)24-6-4-22/h3,5,7-9,16H,4,6,10,22H2,1-2H3,(H,23,24,27)(H,25,26,30). The smallest absolute Gasteiger partial charge is 0.257 e. The maximum absolute atomic E-state index is 13.0. The zero-order chi connectivity index (χ0) is 21.7. The summed E-state index contributed by atoms with van der Waals surface area (Å²) in [5.74, 6) is 0.532. The monoisotopic (exact) mass is 416 g/mol. The van der Waals surface area contributed by atoms with Crippen molar-refractivity contribution in [1.29, 1.82) is 0 Å². The van der Waals surface area contributed by atoms with Gasteiger partial charge in [-0.25, -0.2) is 23.7 Å². The summed E-state index contributed by atoms with van der Waals surface area (Å²) in [5.41, 5.74) is 8.45. The lowest BCUT2D eigenvalue weighted by molar-refractivity contribution is -0.114. The Labute approximate surface area is 171 Å². The van der Waals surface area contributed by atoms with Crippen LogP contribution >= 0.6 is 0 Å². The van der Waals surface area contributed by atoms with Crippen molar-refractivity contribution in [1.82, 2.24) is 24.7 Å². The first-order valence-electron chi connectivity index (χ1n) is 9.25. The van der Waals surface area contributed by atoms with E-state index in [0.717, 1.165) is 5.56 Å². The molecule has 0 spiro atoms. The number of aryl methyl sites for hydroxylation is 1. The molecule has 3 rings (SSSR count). The molecule has 0 aliphatic carbocycles. The molecule has 158 valence electrons. The Morgan fingerprint density at radius 2 is 2.10 bits per heavy atom. The first-order chi connectivity index (χ1) is 14.4. The van der Waals surface area contributed by atoms with Gasteiger partial charge < -0.3 is 16.4 Å². The number of anilines is 2. The van der Waals surface area contributed by atoms with Gasteiger partial charge in [-0.15, -0.1) is 0 Å². The van der Waals surface area contributed by atoms with Crippen LogP contribution in [-0.4, -0.2) is 50.2 Å². The van der Waals surface area contributed by atoms with Crippen molar-refractivity contribution in [3.05, 3.63) is 36.3 Å². The highest BCUT2D eigenvalue weighted by molar-refractivity contribution is 5.88. The molecule has 3 heterocycles. The van der Waals surface area contributed by atoms with Crippen molar-refractivity contribution in [2.75, 3.05) is 23.7 Å². The number of alkyl halides is 2. The predicted molar refractivity (Wildman–Crippen MR) is 109 cm³/mol. The zero-order valence-electron chi connectivity index (χ0n) is 16.6. The number of nitrogens with one attached hydrogen (secondary N) is 2. The topological polar surface area (TPSA) is 124 Å². The molecule has 30 heavy (non-hydrogen) atoms. The second-order valence-corrected chi connectivity index (χ2v) is 6.55. The Morgan fingerprint density at radius 1 is 1.30 bits per heavy atom. The lowest BCUT2D eigenvalue weighted by atomic mass is 10.0. The van der Waals surface area contributed by atoms with Gasteiger partial charge in [0.1, 0.15) is 18.1 Å². The predicted octanol–water partition coefficient (Wildman–Crippen LogP) is 2.30. The number of hydrogen-bond donors (Lipinski definition) is 3. The number of nitrogens with zero attached hydrogens (tertiary/aromatic N) is 5.